The lowest BCUT2D eigenvalue weighted by Gasteiger charge is -2.63. The largest absolute Gasteiger partial charge is 0.379 e. The Morgan fingerprint density at radius 2 is 1.19 bits per heavy atom. The van der Waals surface area contributed by atoms with Gasteiger partial charge in [-0.1, -0.05) is 0 Å². The number of halogens is 1. The summed E-state index contributed by atoms with van der Waals surface area (Å²) in [7, 11) is 0. The van der Waals surface area contributed by atoms with Gasteiger partial charge in [0.15, 0.2) is 0 Å². The van der Waals surface area contributed by atoms with Crippen LogP contribution in [0.1, 0.15) is 71.6 Å². The fourth-order valence-electron chi connectivity index (χ4n) is 5.40. The minimum Gasteiger partial charge on any atom is -0.379 e. The Morgan fingerprint density at radius 1 is 0.810 bits per heavy atom. The first-order valence-corrected chi connectivity index (χ1v) is 9.01. The fraction of sp³-hybridized carbons (Fsp3) is 1.00. The normalized spacial score (nSPS) is 46.7. The first-order chi connectivity index (χ1) is 10.1. The van der Waals surface area contributed by atoms with Gasteiger partial charge in [-0.2, -0.15) is 0 Å². The molecule has 3 fully saturated rings. The molecule has 3 aliphatic carbocycles. The summed E-state index contributed by atoms with van der Waals surface area (Å²) in [5.41, 5.74) is 0.0120. The summed E-state index contributed by atoms with van der Waals surface area (Å²) in [6.07, 6.45) is 9.72. The number of hydrogen-bond acceptors (Lipinski definition) is 2. The molecule has 3 aliphatic rings. The molecule has 2 spiro atoms. The van der Waals surface area contributed by atoms with E-state index in [0.29, 0.717) is 12.2 Å². The van der Waals surface area contributed by atoms with E-state index >= 15 is 4.39 Å². The number of hydrogen-bond donors (Lipinski definition) is 0. The third kappa shape index (κ3) is 2.76. The topological polar surface area (TPSA) is 18.5 Å². The number of alkyl halides is 1. The maximum Gasteiger partial charge on any atom is 0.111 e. The van der Waals surface area contributed by atoms with E-state index in [1.54, 1.807) is 0 Å². The summed E-state index contributed by atoms with van der Waals surface area (Å²) in [5.74, 6) is 0. The van der Waals surface area contributed by atoms with E-state index in [1.807, 2.05) is 0 Å². The standard InChI is InChI=1S/C18H31FO2/c1-3-20-14-5-9-17(10-6-14)13-18(16(17)19)11-7-15(8-12-18)21-4-2/h14-16H,3-13H2,1-2H3/t14?,15?,16?,17-,18-. The van der Waals surface area contributed by atoms with Crippen LogP contribution in [-0.4, -0.2) is 31.6 Å². The molecule has 2 nitrogen and oxygen atoms in total. The molecule has 3 saturated carbocycles. The molecule has 0 aromatic rings. The molecule has 0 unspecified atom stereocenters. The van der Waals surface area contributed by atoms with Crippen LogP contribution in [0.25, 0.3) is 0 Å². The van der Waals surface area contributed by atoms with Crippen molar-refractivity contribution in [2.75, 3.05) is 13.2 Å². The Bertz CT molecular complexity index is 309. The van der Waals surface area contributed by atoms with Crippen molar-refractivity contribution in [1.82, 2.24) is 0 Å². The van der Waals surface area contributed by atoms with Gasteiger partial charge < -0.3 is 9.47 Å². The highest BCUT2D eigenvalue weighted by atomic mass is 19.1. The second-order valence-corrected chi connectivity index (χ2v) is 7.57. The van der Waals surface area contributed by atoms with Crippen LogP contribution < -0.4 is 0 Å². The molecule has 3 rings (SSSR count). The van der Waals surface area contributed by atoms with Crippen molar-refractivity contribution in [3.63, 3.8) is 0 Å². The van der Waals surface area contributed by atoms with Gasteiger partial charge in [0.1, 0.15) is 6.17 Å². The molecule has 0 saturated heterocycles. The average molecular weight is 298 g/mol. The van der Waals surface area contributed by atoms with E-state index in [9.17, 15) is 0 Å². The van der Waals surface area contributed by atoms with E-state index < -0.39 is 6.17 Å². The maximum atomic E-state index is 15.1. The Balaban J connectivity index is 1.53. The molecule has 0 N–H and O–H groups in total. The van der Waals surface area contributed by atoms with Crippen molar-refractivity contribution in [1.29, 1.82) is 0 Å². The second-order valence-electron chi connectivity index (χ2n) is 7.57. The summed E-state index contributed by atoms with van der Waals surface area (Å²) in [6, 6.07) is 0. The van der Waals surface area contributed by atoms with Gasteiger partial charge >= 0.3 is 0 Å². The van der Waals surface area contributed by atoms with Crippen LogP contribution in [-0.2, 0) is 9.47 Å². The molecule has 21 heavy (non-hydrogen) atoms. The zero-order chi connectivity index (χ0) is 14.9. The monoisotopic (exact) mass is 298 g/mol. The number of rotatable bonds is 4. The van der Waals surface area contributed by atoms with E-state index in [-0.39, 0.29) is 10.8 Å². The van der Waals surface area contributed by atoms with Crippen LogP contribution >= 0.6 is 0 Å². The van der Waals surface area contributed by atoms with Gasteiger partial charge in [-0.3, -0.25) is 0 Å². The summed E-state index contributed by atoms with van der Waals surface area (Å²) < 4.78 is 26.6. The SMILES string of the molecule is CCOC1CC[C@]2(CC1)C[C@@]1(CCC(OCC)CC1)C2F. The van der Waals surface area contributed by atoms with Gasteiger partial charge in [0.2, 0.25) is 0 Å². The highest BCUT2D eigenvalue weighted by Crippen LogP contribution is 2.67. The molecule has 0 aromatic carbocycles. The Hall–Kier alpha value is -0.150. The molecule has 0 aromatic heterocycles. The highest BCUT2D eigenvalue weighted by Gasteiger charge is 2.64. The lowest BCUT2D eigenvalue weighted by molar-refractivity contribution is -0.196. The van der Waals surface area contributed by atoms with Crippen LogP contribution in [0.2, 0.25) is 0 Å². The summed E-state index contributed by atoms with van der Waals surface area (Å²) in [4.78, 5) is 0. The predicted molar refractivity (Wildman–Crippen MR) is 82.1 cm³/mol. The van der Waals surface area contributed by atoms with Gasteiger partial charge in [-0.15, -0.1) is 0 Å². The lowest BCUT2D eigenvalue weighted by atomic mass is 9.43. The third-order valence-electron chi connectivity index (χ3n) is 6.44. The van der Waals surface area contributed by atoms with Crippen LogP contribution in [0.3, 0.4) is 0 Å². The van der Waals surface area contributed by atoms with Gasteiger partial charge in [0.05, 0.1) is 12.2 Å². The van der Waals surface area contributed by atoms with Gasteiger partial charge in [-0.05, 0) is 71.6 Å². The first kappa shape index (κ1) is 15.7. The molecule has 122 valence electrons. The molecular formula is C18H31FO2. The van der Waals surface area contributed by atoms with Crippen molar-refractivity contribution >= 4 is 0 Å². The van der Waals surface area contributed by atoms with Crippen molar-refractivity contribution in [2.24, 2.45) is 10.8 Å². The van der Waals surface area contributed by atoms with Crippen molar-refractivity contribution in [3.05, 3.63) is 0 Å². The molecular weight excluding hydrogens is 267 g/mol. The summed E-state index contributed by atoms with van der Waals surface area (Å²) in [5, 5.41) is 0. The first-order valence-electron chi connectivity index (χ1n) is 9.01. The van der Waals surface area contributed by atoms with Crippen molar-refractivity contribution in [3.8, 4) is 0 Å². The smallest absolute Gasteiger partial charge is 0.111 e. The van der Waals surface area contributed by atoms with Gasteiger partial charge in [0, 0.05) is 24.0 Å². The van der Waals surface area contributed by atoms with Crippen molar-refractivity contribution in [2.45, 2.75) is 90.0 Å². The fourth-order valence-corrected chi connectivity index (χ4v) is 5.40. The second kappa shape index (κ2) is 6.16. The average Bonchev–Trinajstić information content (AvgIpc) is 2.51. The molecule has 0 aliphatic heterocycles. The van der Waals surface area contributed by atoms with E-state index in [2.05, 4.69) is 13.8 Å². The molecule has 0 atom stereocenters. The zero-order valence-corrected chi connectivity index (χ0v) is 13.7. The highest BCUT2D eigenvalue weighted by molar-refractivity contribution is 5.13. The molecule has 0 radical (unpaired) electrons. The number of ether oxygens (including phenoxy) is 2. The van der Waals surface area contributed by atoms with Crippen LogP contribution in [0.4, 0.5) is 4.39 Å². The Morgan fingerprint density at radius 3 is 1.48 bits per heavy atom. The zero-order valence-electron chi connectivity index (χ0n) is 13.7. The summed E-state index contributed by atoms with van der Waals surface area (Å²) >= 11 is 0. The van der Waals surface area contributed by atoms with Crippen LogP contribution in [0.5, 0.6) is 0 Å². The van der Waals surface area contributed by atoms with E-state index in [0.717, 1.165) is 71.0 Å². The molecule has 0 bridgehead atoms. The Labute approximate surface area is 128 Å². The summed E-state index contributed by atoms with van der Waals surface area (Å²) in [6.45, 7) is 5.69. The van der Waals surface area contributed by atoms with E-state index in [1.165, 1.54) is 0 Å². The third-order valence-corrected chi connectivity index (χ3v) is 6.44. The molecule has 0 amide bonds. The lowest BCUT2D eigenvalue weighted by Crippen LogP contribution is -2.61. The van der Waals surface area contributed by atoms with Crippen molar-refractivity contribution < 1.29 is 13.9 Å². The van der Waals surface area contributed by atoms with Crippen LogP contribution in [0.15, 0.2) is 0 Å². The molecule has 3 heteroatoms. The van der Waals surface area contributed by atoms with Gasteiger partial charge in [0.25, 0.3) is 0 Å². The minimum atomic E-state index is -0.574. The molecule has 0 heterocycles. The van der Waals surface area contributed by atoms with E-state index in [4.69, 9.17) is 9.47 Å². The van der Waals surface area contributed by atoms with Gasteiger partial charge in [-0.25, -0.2) is 4.39 Å². The quantitative estimate of drug-likeness (QED) is 0.751. The minimum absolute atomic E-state index is 0.00600. The predicted octanol–water partition coefficient (Wildman–Crippen LogP) is 4.66. The Kier molecular flexibility index (Phi) is 4.61. The van der Waals surface area contributed by atoms with Crippen LogP contribution in [0, 0.1) is 10.8 Å². The maximum absolute atomic E-state index is 15.1.